The van der Waals surface area contributed by atoms with Crippen LogP contribution in [0.2, 0.25) is 19.6 Å². The summed E-state index contributed by atoms with van der Waals surface area (Å²) in [6.45, 7) is 16.8. The van der Waals surface area contributed by atoms with Crippen LogP contribution in [0.4, 0.5) is 0 Å². The van der Waals surface area contributed by atoms with Gasteiger partial charge >= 0.3 is 0 Å². The number of piperidine rings is 1. The molecule has 0 aromatic heterocycles. The molecule has 1 atom stereocenters. The zero-order valence-corrected chi connectivity index (χ0v) is 16.3. The molecule has 2 nitrogen and oxygen atoms in total. The van der Waals surface area contributed by atoms with Crippen LogP contribution in [0, 0.1) is 16.9 Å². The van der Waals surface area contributed by atoms with E-state index in [0.717, 1.165) is 18.7 Å². The second-order valence-corrected chi connectivity index (χ2v) is 13.5. The lowest BCUT2D eigenvalue weighted by molar-refractivity contribution is -0.172. The number of hydrogen-bond acceptors (Lipinski definition) is 2. The van der Waals surface area contributed by atoms with Gasteiger partial charge in [0.15, 0.2) is 0 Å². The molecule has 0 radical (unpaired) electrons. The maximum Gasteiger partial charge on any atom is 0.135 e. The highest BCUT2D eigenvalue weighted by molar-refractivity contribution is 6.83. The Morgan fingerprint density at radius 1 is 1.23 bits per heavy atom. The molecule has 0 aliphatic carbocycles. The van der Waals surface area contributed by atoms with Crippen LogP contribution in [0.3, 0.4) is 0 Å². The Balaban J connectivity index is 2.36. The van der Waals surface area contributed by atoms with Crippen molar-refractivity contribution < 1.29 is 4.84 Å². The van der Waals surface area contributed by atoms with Gasteiger partial charge < -0.3 is 4.84 Å². The molecule has 1 saturated heterocycles. The van der Waals surface area contributed by atoms with Gasteiger partial charge in [0.2, 0.25) is 0 Å². The third kappa shape index (κ3) is 3.67. The van der Waals surface area contributed by atoms with Crippen molar-refractivity contribution in [2.75, 3.05) is 6.54 Å². The Kier molecular flexibility index (Phi) is 4.66. The molecule has 1 fully saturated rings. The summed E-state index contributed by atoms with van der Waals surface area (Å²) in [6, 6.07) is 0. The molecule has 0 saturated carbocycles. The molecule has 0 aromatic rings. The van der Waals surface area contributed by atoms with Crippen molar-refractivity contribution >= 4 is 8.07 Å². The highest BCUT2D eigenvalue weighted by Gasteiger charge is 2.48. The van der Waals surface area contributed by atoms with Gasteiger partial charge in [-0.1, -0.05) is 46.3 Å². The molecule has 0 N–H and O–H groups in total. The second-order valence-electron chi connectivity index (χ2n) is 8.77. The van der Waals surface area contributed by atoms with Gasteiger partial charge in [-0.15, -0.1) is 10.6 Å². The van der Waals surface area contributed by atoms with Gasteiger partial charge in [0.1, 0.15) is 13.8 Å². The predicted octanol–water partition coefficient (Wildman–Crippen LogP) is 4.91. The lowest BCUT2D eigenvalue weighted by Crippen LogP contribution is -2.46. The van der Waals surface area contributed by atoms with Gasteiger partial charge in [0, 0.05) is 17.5 Å². The topological polar surface area (TPSA) is 12.5 Å². The third-order valence-electron chi connectivity index (χ3n) is 4.31. The molecular weight excluding hydrogens is 286 g/mol. The minimum Gasteiger partial charge on any atom is -0.409 e. The summed E-state index contributed by atoms with van der Waals surface area (Å²) in [5.41, 5.74) is 4.76. The van der Waals surface area contributed by atoms with Crippen molar-refractivity contribution in [3.05, 3.63) is 23.5 Å². The van der Waals surface area contributed by atoms with Crippen molar-refractivity contribution in [1.29, 1.82) is 0 Å². The molecule has 0 bridgehead atoms. The van der Waals surface area contributed by atoms with E-state index in [1.54, 1.807) is 0 Å². The van der Waals surface area contributed by atoms with Crippen LogP contribution in [0.15, 0.2) is 23.5 Å². The minimum atomic E-state index is -1.31. The smallest absolute Gasteiger partial charge is 0.135 e. The van der Waals surface area contributed by atoms with Gasteiger partial charge in [-0.05, 0) is 38.3 Å². The van der Waals surface area contributed by atoms with E-state index in [9.17, 15) is 0 Å². The van der Waals surface area contributed by atoms with E-state index in [-0.39, 0.29) is 11.0 Å². The lowest BCUT2D eigenvalue weighted by atomic mass is 9.79. The summed E-state index contributed by atoms with van der Waals surface area (Å²) in [5, 5.41) is 2.20. The number of fused-ring (bicyclic) bond motifs is 1. The van der Waals surface area contributed by atoms with Crippen LogP contribution in [0.5, 0.6) is 0 Å². The van der Waals surface area contributed by atoms with E-state index in [4.69, 9.17) is 4.84 Å². The van der Waals surface area contributed by atoms with Crippen LogP contribution in [0.1, 0.15) is 47.0 Å². The predicted molar refractivity (Wildman–Crippen MR) is 96.8 cm³/mol. The lowest BCUT2D eigenvalue weighted by Gasteiger charge is -2.38. The molecule has 3 heteroatoms. The van der Waals surface area contributed by atoms with E-state index in [0.29, 0.717) is 0 Å². The van der Waals surface area contributed by atoms with Crippen molar-refractivity contribution in [1.82, 2.24) is 5.06 Å². The Morgan fingerprint density at radius 3 is 2.50 bits per heavy atom. The van der Waals surface area contributed by atoms with Gasteiger partial charge in [-0.3, -0.25) is 0 Å². The number of rotatable bonds is 1. The van der Waals surface area contributed by atoms with E-state index < -0.39 is 8.07 Å². The van der Waals surface area contributed by atoms with E-state index in [2.05, 4.69) is 69.9 Å². The van der Waals surface area contributed by atoms with E-state index in [1.165, 1.54) is 18.4 Å². The van der Waals surface area contributed by atoms with Gasteiger partial charge in [0.25, 0.3) is 0 Å². The van der Waals surface area contributed by atoms with Crippen LogP contribution in [-0.4, -0.2) is 25.2 Å². The fraction of sp³-hybridized carbons (Fsp3) is 0.684. The van der Waals surface area contributed by atoms with Crippen molar-refractivity contribution in [2.24, 2.45) is 5.41 Å². The van der Waals surface area contributed by atoms with Crippen LogP contribution >= 0.6 is 0 Å². The summed E-state index contributed by atoms with van der Waals surface area (Å²) in [6.07, 6.45) is 7.89. The van der Waals surface area contributed by atoms with Crippen molar-refractivity contribution in [3.8, 4) is 11.5 Å². The average molecular weight is 318 g/mol. The first-order valence-corrected chi connectivity index (χ1v) is 11.9. The standard InChI is InChI=1S/C19H31NOSi/c1-18(2,3)17-16(12-8-11-15-22(5,6)7)19(4)13-9-10-14-20(19)21-17/h8,12H,9-10,13-14H2,1-7H3/b12-8-. The van der Waals surface area contributed by atoms with Crippen LogP contribution in [0.25, 0.3) is 0 Å². The highest BCUT2D eigenvalue weighted by atomic mass is 28.3. The molecule has 1 unspecified atom stereocenters. The zero-order chi connectivity index (χ0) is 16.6. The molecule has 0 aromatic carbocycles. The number of nitrogens with zero attached hydrogens (tertiary/aromatic N) is 1. The second kappa shape index (κ2) is 5.90. The quantitative estimate of drug-likeness (QED) is 0.503. The molecular formula is C19H31NOSi. The Labute approximate surface area is 137 Å². The molecule has 22 heavy (non-hydrogen) atoms. The maximum absolute atomic E-state index is 6.27. The summed E-state index contributed by atoms with van der Waals surface area (Å²) >= 11 is 0. The summed E-state index contributed by atoms with van der Waals surface area (Å²) in [4.78, 5) is 6.27. The zero-order valence-electron chi connectivity index (χ0n) is 15.3. The highest BCUT2D eigenvalue weighted by Crippen LogP contribution is 2.47. The van der Waals surface area contributed by atoms with Gasteiger partial charge in [-0.2, -0.15) is 0 Å². The van der Waals surface area contributed by atoms with Gasteiger partial charge in [0.05, 0.1) is 5.54 Å². The third-order valence-corrected chi connectivity index (χ3v) is 5.21. The normalized spacial score (nSPS) is 26.7. The first-order chi connectivity index (χ1) is 10.0. The molecule has 0 amide bonds. The van der Waals surface area contributed by atoms with Crippen molar-refractivity contribution in [2.45, 2.75) is 72.1 Å². The van der Waals surface area contributed by atoms with Gasteiger partial charge in [-0.25, -0.2) is 0 Å². The molecule has 122 valence electrons. The fourth-order valence-corrected chi connectivity index (χ4v) is 3.61. The molecule has 2 aliphatic heterocycles. The summed E-state index contributed by atoms with van der Waals surface area (Å²) in [5.74, 6) is 4.37. The number of allylic oxidation sites excluding steroid dienone is 2. The largest absolute Gasteiger partial charge is 0.409 e. The van der Waals surface area contributed by atoms with Crippen molar-refractivity contribution in [3.63, 3.8) is 0 Å². The molecule has 2 heterocycles. The Morgan fingerprint density at radius 2 is 1.91 bits per heavy atom. The monoisotopic (exact) mass is 317 g/mol. The number of hydrogen-bond donors (Lipinski definition) is 0. The SMILES string of the molecule is CC(C)(C)C1=C(/C=C\C#C[Si](C)(C)C)C2(C)CCCCN2O1. The minimum absolute atomic E-state index is 0.0121. The maximum atomic E-state index is 6.27. The van der Waals surface area contributed by atoms with E-state index in [1.807, 2.05) is 6.08 Å². The molecule has 0 spiro atoms. The summed E-state index contributed by atoms with van der Waals surface area (Å²) < 4.78 is 0. The number of hydroxylamine groups is 2. The van der Waals surface area contributed by atoms with Crippen LogP contribution in [-0.2, 0) is 4.84 Å². The summed E-state index contributed by atoms with van der Waals surface area (Å²) in [7, 11) is -1.31. The molecule has 2 aliphatic rings. The fourth-order valence-electron chi connectivity index (χ4n) is 3.09. The first kappa shape index (κ1) is 17.4. The first-order valence-electron chi connectivity index (χ1n) is 8.44. The average Bonchev–Trinajstić information content (AvgIpc) is 2.66. The van der Waals surface area contributed by atoms with E-state index >= 15 is 0 Å². The molecule has 2 rings (SSSR count). The van der Waals surface area contributed by atoms with Crippen LogP contribution < -0.4 is 0 Å². The Bertz CT molecular complexity index is 551. The Hall–Kier alpha value is -0.983.